The van der Waals surface area contributed by atoms with Gasteiger partial charge < -0.3 is 5.11 Å². The zero-order valence-corrected chi connectivity index (χ0v) is 29.7. The minimum atomic E-state index is -0.833. The summed E-state index contributed by atoms with van der Waals surface area (Å²) in [6.45, 7) is 1.08. The first-order chi connectivity index (χ1) is 21.6. The Labute approximate surface area is 284 Å². The van der Waals surface area contributed by atoms with Gasteiger partial charge in [-0.15, -0.1) is 11.1 Å². The van der Waals surface area contributed by atoms with Crippen molar-refractivity contribution in [3.63, 3.8) is 0 Å². The molecule has 0 aliphatic heterocycles. The van der Waals surface area contributed by atoms with Crippen LogP contribution in [-0.4, -0.2) is 11.1 Å². The number of benzene rings is 6. The standard InChI is InChI=1S/2C19H16P.C2H4O2.Ir/c2*1-4-10-17(11-5-1)16-20(18-12-6-2-7-13-18)19-14-8-3-9-15-19;1-2(3)4;/h2*1-10,12-15H,16H2;1H3,(H,3,4);/q2*-1;;/p+2. The summed E-state index contributed by atoms with van der Waals surface area (Å²) >= 11 is 0. The van der Waals surface area contributed by atoms with E-state index in [0.717, 1.165) is 19.2 Å². The zero-order valence-electron chi connectivity index (χ0n) is 25.3. The minimum absolute atomic E-state index is 0. The van der Waals surface area contributed by atoms with E-state index in [1.165, 1.54) is 32.3 Å². The second-order valence-electron chi connectivity index (χ2n) is 10.1. The van der Waals surface area contributed by atoms with Crippen molar-refractivity contribution in [1.82, 2.24) is 0 Å². The molecule has 0 amide bonds. The van der Waals surface area contributed by atoms with E-state index in [9.17, 15) is 0 Å². The van der Waals surface area contributed by atoms with Gasteiger partial charge in [0.05, 0.1) is 49.4 Å². The van der Waals surface area contributed by atoms with Crippen LogP contribution in [0.1, 0.15) is 18.1 Å². The summed E-state index contributed by atoms with van der Waals surface area (Å²) in [6, 6.07) is 66.8. The van der Waals surface area contributed by atoms with Crippen LogP contribution < -0.4 is 21.2 Å². The fourth-order valence-electron chi connectivity index (χ4n) is 4.76. The normalized spacial score (nSPS) is 10.0. The molecule has 5 heteroatoms. The van der Waals surface area contributed by atoms with Crippen LogP contribution in [0, 0.1) is 12.1 Å². The molecular formula is C40H38IrO2P2. The fraction of sp³-hybridized carbons (Fsp3) is 0.0750. The van der Waals surface area contributed by atoms with Crippen LogP contribution in [0.25, 0.3) is 0 Å². The predicted molar refractivity (Wildman–Crippen MR) is 192 cm³/mol. The van der Waals surface area contributed by atoms with Crippen molar-refractivity contribution < 1.29 is 30.0 Å². The molecule has 0 bridgehead atoms. The van der Waals surface area contributed by atoms with Gasteiger partial charge in [0, 0.05) is 27.0 Å². The average Bonchev–Trinajstić information content (AvgIpc) is 3.09. The first-order valence-corrected chi connectivity index (χ1v) is 18.1. The van der Waals surface area contributed by atoms with Crippen molar-refractivity contribution in [2.45, 2.75) is 19.2 Å². The molecule has 1 N–H and O–H groups in total. The Balaban J connectivity index is 0.000000215. The van der Waals surface area contributed by atoms with E-state index in [4.69, 9.17) is 9.90 Å². The van der Waals surface area contributed by atoms with Gasteiger partial charge in [-0.05, 0) is 48.5 Å². The monoisotopic (exact) mass is 805 g/mol. The van der Waals surface area contributed by atoms with E-state index >= 15 is 0 Å². The summed E-state index contributed by atoms with van der Waals surface area (Å²) in [5, 5.41) is 13.3. The van der Waals surface area contributed by atoms with E-state index in [1.54, 1.807) is 0 Å². The Morgan fingerprint density at radius 3 is 0.956 bits per heavy atom. The van der Waals surface area contributed by atoms with Gasteiger partial charge in [-0.1, -0.05) is 72.8 Å². The summed E-state index contributed by atoms with van der Waals surface area (Å²) in [5.74, 6) is -0.833. The Bertz CT molecular complexity index is 1420. The van der Waals surface area contributed by atoms with E-state index in [2.05, 4.69) is 158 Å². The van der Waals surface area contributed by atoms with E-state index in [1.807, 2.05) is 24.3 Å². The van der Waals surface area contributed by atoms with E-state index < -0.39 is 21.8 Å². The molecule has 0 saturated heterocycles. The number of carboxylic acids is 1. The van der Waals surface area contributed by atoms with Gasteiger partial charge in [-0.3, -0.25) is 4.79 Å². The molecule has 0 unspecified atom stereocenters. The molecule has 0 fully saturated rings. The summed E-state index contributed by atoms with van der Waals surface area (Å²) in [5.41, 5.74) is 2.60. The van der Waals surface area contributed by atoms with Crippen molar-refractivity contribution in [2.75, 3.05) is 0 Å². The third-order valence-electron chi connectivity index (χ3n) is 6.77. The number of aliphatic carboxylic acids is 1. The molecule has 229 valence electrons. The van der Waals surface area contributed by atoms with Gasteiger partial charge in [-0.25, -0.2) is 0 Å². The van der Waals surface area contributed by atoms with Crippen LogP contribution in [-0.2, 0) is 37.2 Å². The number of rotatable bonds is 8. The summed E-state index contributed by atoms with van der Waals surface area (Å²) in [6.07, 6.45) is 2.17. The molecule has 0 aliphatic rings. The molecule has 45 heavy (non-hydrogen) atoms. The second kappa shape index (κ2) is 20.4. The van der Waals surface area contributed by atoms with Gasteiger partial charge in [0.2, 0.25) is 0 Å². The van der Waals surface area contributed by atoms with Gasteiger partial charge in [0.1, 0.15) is 0 Å². The van der Waals surface area contributed by atoms with Gasteiger partial charge in [0.25, 0.3) is 5.97 Å². The summed E-state index contributed by atoms with van der Waals surface area (Å²) < 4.78 is 0. The molecular weight excluding hydrogens is 767 g/mol. The quantitative estimate of drug-likeness (QED) is 0.126. The molecule has 0 saturated carbocycles. The van der Waals surface area contributed by atoms with Crippen LogP contribution in [0.2, 0.25) is 0 Å². The molecule has 0 spiro atoms. The Hall–Kier alpha value is -3.70. The van der Waals surface area contributed by atoms with Crippen molar-refractivity contribution in [3.8, 4) is 0 Å². The third-order valence-corrected chi connectivity index (χ3v) is 12.4. The van der Waals surface area contributed by atoms with Gasteiger partial charge in [-0.2, -0.15) is 60.7 Å². The SMILES string of the molecule is CC(=O)O.[Ir].[c-]1ccccc1C[PH+](c1ccccc1)c1ccccc1.[c-]1ccccc1C[PH+](c1ccccc1)c1ccccc1. The molecule has 6 aromatic carbocycles. The number of carbonyl (C=O) groups is 1. The Kier molecular flexibility index (Phi) is 16.2. The van der Waals surface area contributed by atoms with Crippen molar-refractivity contribution in [3.05, 3.63) is 193 Å². The van der Waals surface area contributed by atoms with Crippen LogP contribution in [0.4, 0.5) is 0 Å². The first kappa shape index (κ1) is 35.8. The number of carboxylic acid groups (broad SMARTS) is 1. The maximum atomic E-state index is 9.00. The third kappa shape index (κ3) is 12.7. The van der Waals surface area contributed by atoms with E-state index in [0.29, 0.717) is 0 Å². The Morgan fingerprint density at radius 1 is 0.489 bits per heavy atom. The topological polar surface area (TPSA) is 37.3 Å². The molecule has 2 nitrogen and oxygen atoms in total. The smallest absolute Gasteiger partial charge is 0.300 e. The maximum Gasteiger partial charge on any atom is 0.300 e. The predicted octanol–water partition coefficient (Wildman–Crippen LogP) is 7.79. The minimum Gasteiger partial charge on any atom is -0.481 e. The first-order valence-electron chi connectivity index (χ1n) is 14.6. The van der Waals surface area contributed by atoms with Gasteiger partial charge >= 0.3 is 0 Å². The van der Waals surface area contributed by atoms with Gasteiger partial charge in [0.15, 0.2) is 0 Å². The van der Waals surface area contributed by atoms with Crippen LogP contribution in [0.15, 0.2) is 170 Å². The van der Waals surface area contributed by atoms with Crippen LogP contribution in [0.5, 0.6) is 0 Å². The van der Waals surface area contributed by atoms with Crippen molar-refractivity contribution >= 4 is 43.0 Å². The van der Waals surface area contributed by atoms with E-state index in [-0.39, 0.29) is 20.1 Å². The molecule has 0 atom stereocenters. The number of hydrogen-bond acceptors (Lipinski definition) is 1. The van der Waals surface area contributed by atoms with Crippen molar-refractivity contribution in [2.24, 2.45) is 0 Å². The molecule has 6 rings (SSSR count). The second-order valence-corrected chi connectivity index (χ2v) is 15.0. The molecule has 0 aromatic heterocycles. The summed E-state index contributed by atoms with van der Waals surface area (Å²) in [7, 11) is -1.57. The largest absolute Gasteiger partial charge is 0.481 e. The molecule has 1 radical (unpaired) electrons. The summed E-state index contributed by atoms with van der Waals surface area (Å²) in [4.78, 5) is 9.00. The maximum absolute atomic E-state index is 9.00. The zero-order chi connectivity index (χ0) is 30.8. The van der Waals surface area contributed by atoms with Crippen LogP contribution in [0.3, 0.4) is 0 Å². The van der Waals surface area contributed by atoms with Crippen LogP contribution >= 0.6 is 15.8 Å². The van der Waals surface area contributed by atoms with Crippen molar-refractivity contribution in [1.29, 1.82) is 0 Å². The Morgan fingerprint density at radius 2 is 0.733 bits per heavy atom. The molecule has 6 aromatic rings. The fourth-order valence-corrected chi connectivity index (χ4v) is 9.82. The molecule has 0 heterocycles. The average molecular weight is 805 g/mol. The number of hydrogen-bond donors (Lipinski definition) is 1. The molecule has 0 aliphatic carbocycles.